The second kappa shape index (κ2) is 50.3. The fourth-order valence-electron chi connectivity index (χ4n) is 5.23. The number of rotatable bonds is 8. The maximum atomic E-state index is 12.7. The van der Waals surface area contributed by atoms with E-state index in [0.29, 0.717) is 33.8 Å². The topological polar surface area (TPSA) is 277 Å². The van der Waals surface area contributed by atoms with E-state index in [2.05, 4.69) is 4.89 Å². The molecule has 21 heteroatoms. The van der Waals surface area contributed by atoms with Crippen molar-refractivity contribution in [2.75, 3.05) is 7.11 Å². The average Bonchev–Trinajstić information content (AvgIpc) is 3.38. The number of ether oxygens (including phenoxy) is 2. The van der Waals surface area contributed by atoms with Crippen molar-refractivity contribution >= 4 is 24.2 Å². The minimum atomic E-state index is -0.333. The third-order valence-corrected chi connectivity index (χ3v) is 8.88. The summed E-state index contributed by atoms with van der Waals surface area (Å²) in [6.07, 6.45) is 0.250. The molecule has 0 aliphatic heterocycles. The number of carbonyl (C=O) groups excluding carboxylic acids is 5. The van der Waals surface area contributed by atoms with Gasteiger partial charge in [0.05, 0.1) is 7.11 Å². The van der Waals surface area contributed by atoms with Gasteiger partial charge < -0.3 is 52.1 Å². The number of hydrogen-bond acceptors (Lipinski definition) is 14. The van der Waals surface area contributed by atoms with E-state index in [9.17, 15) is 29.3 Å². The normalized spacial score (nSPS) is 8.49. The SMILES string of the molecule is COc1ccc(Oc2ccc(C(=O)c3ccc(C)cc3)cc2)cc1.Cc1ccc(C(=O)c2ccc(F)cc2)cc1.Cc1ccc([O-])cc1.O.O=C=O.O=CO[O-].Oc1ccc(O)cc1.[H-].[K+].[K+].[K+].[K+].[K+].[O-]c1ccc([O-])cc1. The van der Waals surface area contributed by atoms with Gasteiger partial charge in [-0.15, -0.1) is 17.2 Å². The molecule has 15 nitrogen and oxygen atoms in total. The summed E-state index contributed by atoms with van der Waals surface area (Å²) >= 11 is 0. The van der Waals surface area contributed by atoms with E-state index in [1.807, 2.05) is 93.6 Å². The fraction of sp³-hybridized carbons (Fsp3) is 0.0714. The third-order valence-electron chi connectivity index (χ3n) is 8.88. The van der Waals surface area contributed by atoms with E-state index >= 15 is 0 Å². The molecule has 4 N–H and O–H groups in total. The van der Waals surface area contributed by atoms with Gasteiger partial charge in [0.25, 0.3) is 6.47 Å². The second-order valence-electron chi connectivity index (χ2n) is 14.3. The van der Waals surface area contributed by atoms with Crippen LogP contribution in [0.25, 0.3) is 0 Å². The van der Waals surface area contributed by atoms with Crippen LogP contribution in [0, 0.1) is 26.6 Å². The van der Waals surface area contributed by atoms with Gasteiger partial charge in [-0.05, 0) is 118 Å². The predicted molar refractivity (Wildman–Crippen MR) is 258 cm³/mol. The Morgan fingerprint density at radius 1 is 0.468 bits per heavy atom. The summed E-state index contributed by atoms with van der Waals surface area (Å²) in [6, 6.07) is 52.4. The monoisotopic (exact) mass is 1180 g/mol. The Bertz CT molecular complexity index is 2620. The van der Waals surface area contributed by atoms with Crippen molar-refractivity contribution in [2.24, 2.45) is 0 Å². The number of aromatic hydroxyl groups is 2. The van der Waals surface area contributed by atoms with Crippen LogP contribution < -0.4 is 287 Å². The molecule has 8 aromatic rings. The molecule has 77 heavy (non-hydrogen) atoms. The number of benzene rings is 8. The number of halogens is 1. The Hall–Kier alpha value is -1.42. The van der Waals surface area contributed by atoms with Gasteiger partial charge in [0.2, 0.25) is 0 Å². The molecule has 0 amide bonds. The largest absolute Gasteiger partial charge is 1.00 e. The maximum Gasteiger partial charge on any atom is 1.00 e. The molecule has 0 aliphatic rings. The molecule has 376 valence electrons. The smallest absolute Gasteiger partial charge is 1.00 e. The summed E-state index contributed by atoms with van der Waals surface area (Å²) in [5.74, 6) is 1.94. The van der Waals surface area contributed by atoms with Crippen LogP contribution in [0.5, 0.6) is 46.0 Å². The summed E-state index contributed by atoms with van der Waals surface area (Å²) in [5, 5.41) is 56.7. The quantitative estimate of drug-likeness (QED) is 0.0358. The van der Waals surface area contributed by atoms with Crippen molar-refractivity contribution in [1.29, 1.82) is 0 Å². The first-order chi connectivity index (χ1) is 34.0. The number of carbonyl (C=O) groups is 3. The molecule has 0 saturated heterocycles. The Balaban J connectivity index is -0.000000210. The number of phenolic OH excluding ortho intramolecular Hbond substituents is 2. The van der Waals surface area contributed by atoms with Gasteiger partial charge in [0.15, 0.2) is 11.6 Å². The van der Waals surface area contributed by atoms with Crippen molar-refractivity contribution in [1.82, 2.24) is 0 Å². The van der Waals surface area contributed by atoms with Crippen LogP contribution in [0.3, 0.4) is 0 Å². The Labute approximate surface area is 660 Å². The number of aryl methyl sites for hydroxylation is 3. The van der Waals surface area contributed by atoms with Crippen LogP contribution >= 0.6 is 0 Å². The van der Waals surface area contributed by atoms with E-state index in [1.54, 1.807) is 55.6 Å². The molecule has 8 rings (SSSR count). The van der Waals surface area contributed by atoms with E-state index in [4.69, 9.17) is 39.3 Å². The zero-order valence-corrected chi connectivity index (χ0v) is 59.8. The molecule has 0 aromatic heterocycles. The Morgan fingerprint density at radius 2 is 0.688 bits per heavy atom. The molecule has 0 heterocycles. The van der Waals surface area contributed by atoms with Gasteiger partial charge in [-0.3, -0.25) is 14.4 Å². The van der Waals surface area contributed by atoms with Crippen molar-refractivity contribution in [3.8, 4) is 46.0 Å². The number of methoxy groups -OCH3 is 1. The third kappa shape index (κ3) is 38.1. The van der Waals surface area contributed by atoms with Gasteiger partial charge in [-0.25, -0.2) is 4.39 Å². The first-order valence-corrected chi connectivity index (χ1v) is 20.8. The van der Waals surface area contributed by atoms with Crippen LogP contribution in [0.15, 0.2) is 194 Å². The molecule has 0 aliphatic carbocycles. The maximum absolute atomic E-state index is 12.7. The molecular weight excluding hydrogens is 1130 g/mol. The van der Waals surface area contributed by atoms with E-state index in [-0.39, 0.29) is 323 Å². The standard InChI is InChI=1S/C21H18O3.C14H11FO.C7H8O.2C6H6O2.CH2O3.CO2.5K.H2O.H/c1-15-3-5-16(6-4-15)21(22)17-7-9-19(10-8-17)24-20-13-11-18(23-2)12-14-20;1-10-2-4-11(5-3-10)14(16)12-6-8-13(15)9-7-12;1-6-2-4-7(8)5-3-6;2*7-5-1-2-6(8)4-3-5;2-1-4-3;2-1-3;;;;;;;/h3-14H,1-2H3;2-9H,1H3;2-5,8H,1H3;2*1-4,7-8H;1,3H;;;;;;;1H2;/q;;;;;;;5*+1;;-1/p-4. The number of ketones is 2. The molecule has 0 unspecified atom stereocenters. The van der Waals surface area contributed by atoms with Crippen molar-refractivity contribution in [2.45, 2.75) is 20.8 Å². The van der Waals surface area contributed by atoms with Gasteiger partial charge in [-0.1, -0.05) is 114 Å². The Kier molecular flexibility index (Phi) is 55.1. The molecule has 0 saturated carbocycles. The van der Waals surface area contributed by atoms with Crippen LogP contribution in [0.2, 0.25) is 0 Å². The molecule has 8 aromatic carbocycles. The van der Waals surface area contributed by atoms with Gasteiger partial charge in [0, 0.05) is 22.3 Å². The molecule has 0 spiro atoms. The number of hydrogen-bond donors (Lipinski definition) is 2. The van der Waals surface area contributed by atoms with Crippen LogP contribution in [0.1, 0.15) is 50.0 Å². The predicted octanol–water partition coefficient (Wildman–Crippen LogP) is -7.45. The fourth-order valence-corrected chi connectivity index (χ4v) is 5.23. The second-order valence-corrected chi connectivity index (χ2v) is 14.3. The molecule has 0 fully saturated rings. The van der Waals surface area contributed by atoms with Crippen LogP contribution in [-0.2, 0) is 19.3 Å². The molecule has 0 bridgehead atoms. The average molecular weight is 1180 g/mol. The zero-order chi connectivity index (χ0) is 52.6. The first kappa shape index (κ1) is 84.4. The summed E-state index contributed by atoms with van der Waals surface area (Å²) < 4.78 is 23.6. The van der Waals surface area contributed by atoms with Crippen molar-refractivity contribution < 1.29 is 337 Å². The molecular formula is C56H50FK5O15. The molecule has 0 radical (unpaired) electrons. The summed E-state index contributed by atoms with van der Waals surface area (Å²) in [7, 11) is 1.62. The van der Waals surface area contributed by atoms with E-state index in [1.165, 1.54) is 72.8 Å². The van der Waals surface area contributed by atoms with Crippen LogP contribution in [0.4, 0.5) is 4.39 Å². The van der Waals surface area contributed by atoms with E-state index < -0.39 is 0 Å². The van der Waals surface area contributed by atoms with Crippen molar-refractivity contribution in [3.63, 3.8) is 0 Å². The first-order valence-electron chi connectivity index (χ1n) is 20.8. The summed E-state index contributed by atoms with van der Waals surface area (Å²) in [4.78, 5) is 51.9. The van der Waals surface area contributed by atoms with Gasteiger partial charge in [0.1, 0.15) is 34.6 Å². The van der Waals surface area contributed by atoms with Gasteiger partial charge in [-0.2, -0.15) is 9.59 Å². The zero-order valence-electron chi connectivity index (χ0n) is 45.2. The summed E-state index contributed by atoms with van der Waals surface area (Å²) in [6.45, 7) is 5.74. The Morgan fingerprint density at radius 3 is 0.948 bits per heavy atom. The van der Waals surface area contributed by atoms with Gasteiger partial charge >= 0.3 is 263 Å². The minimum absolute atomic E-state index is 0. The minimum Gasteiger partial charge on any atom is -1.00 e. The van der Waals surface area contributed by atoms with Crippen molar-refractivity contribution in [3.05, 3.63) is 239 Å². The van der Waals surface area contributed by atoms with Crippen LogP contribution in [-0.4, -0.2) is 47.0 Å². The summed E-state index contributed by atoms with van der Waals surface area (Å²) in [5.41, 5.74) is 5.82. The van der Waals surface area contributed by atoms with E-state index in [0.717, 1.165) is 22.4 Å². The number of phenols is 2. The molecule has 0 atom stereocenters.